The molecule has 0 saturated carbocycles. The summed E-state index contributed by atoms with van der Waals surface area (Å²) in [5.41, 5.74) is 0.367. The molecular weight excluding hydrogens is 344 g/mol. The summed E-state index contributed by atoms with van der Waals surface area (Å²) in [6, 6.07) is 9.60. The zero-order valence-electron chi connectivity index (χ0n) is 16.0. The van der Waals surface area contributed by atoms with Crippen LogP contribution in [0.1, 0.15) is 52.0 Å². The maximum absolute atomic E-state index is 12.6. The van der Waals surface area contributed by atoms with E-state index in [9.17, 15) is 9.90 Å². The van der Waals surface area contributed by atoms with Crippen molar-refractivity contribution in [3.63, 3.8) is 0 Å². The lowest BCUT2D eigenvalue weighted by atomic mass is 9.80. The number of carbonyl (C=O) groups excluding carboxylic acids is 1. The number of amides is 1. The minimum Gasteiger partial charge on any atom is -0.444 e. The first-order chi connectivity index (χ1) is 12.8. The Bertz CT molecular complexity index is 794. The van der Waals surface area contributed by atoms with Crippen molar-refractivity contribution >= 4 is 6.09 Å². The second-order valence-corrected chi connectivity index (χ2v) is 8.67. The molecule has 2 saturated heterocycles. The fraction of sp³-hybridized carbons (Fsp3) is 0.524. The van der Waals surface area contributed by atoms with Gasteiger partial charge in [-0.2, -0.15) is 0 Å². The Hall–Kier alpha value is -2.34. The van der Waals surface area contributed by atoms with Gasteiger partial charge in [-0.1, -0.05) is 29.4 Å². The lowest BCUT2D eigenvalue weighted by Gasteiger charge is -2.44. The van der Waals surface area contributed by atoms with Crippen LogP contribution in [0, 0.1) is 0 Å². The Morgan fingerprint density at radius 3 is 2.33 bits per heavy atom. The average Bonchev–Trinajstić information content (AvgIpc) is 3.21. The zero-order chi connectivity index (χ0) is 19.2. The van der Waals surface area contributed by atoms with Gasteiger partial charge in [-0.3, -0.25) is 0 Å². The molecule has 1 amide bonds. The van der Waals surface area contributed by atoms with Gasteiger partial charge >= 0.3 is 6.09 Å². The summed E-state index contributed by atoms with van der Waals surface area (Å²) in [7, 11) is 0. The van der Waals surface area contributed by atoms with Gasteiger partial charge in [0.05, 0.1) is 11.8 Å². The number of piperidine rings is 1. The molecule has 2 aromatic rings. The molecule has 2 atom stereocenters. The molecule has 0 spiro atoms. The van der Waals surface area contributed by atoms with Crippen molar-refractivity contribution in [1.82, 2.24) is 10.1 Å². The van der Waals surface area contributed by atoms with Crippen molar-refractivity contribution in [3.8, 4) is 11.3 Å². The molecule has 144 valence electrons. The van der Waals surface area contributed by atoms with Crippen molar-refractivity contribution in [2.24, 2.45) is 0 Å². The van der Waals surface area contributed by atoms with E-state index in [0.717, 1.165) is 24.0 Å². The molecule has 2 unspecified atom stereocenters. The van der Waals surface area contributed by atoms with Gasteiger partial charge in [0.15, 0.2) is 5.76 Å². The minimum absolute atomic E-state index is 0.0116. The summed E-state index contributed by atoms with van der Waals surface area (Å²) < 4.78 is 10.8. The highest BCUT2D eigenvalue weighted by molar-refractivity contribution is 5.70. The minimum atomic E-state index is -0.926. The van der Waals surface area contributed by atoms with Gasteiger partial charge in [-0.15, -0.1) is 0 Å². The van der Waals surface area contributed by atoms with Crippen LogP contribution in [0.3, 0.4) is 0 Å². The van der Waals surface area contributed by atoms with E-state index in [1.54, 1.807) is 6.20 Å². The predicted molar refractivity (Wildman–Crippen MR) is 100.0 cm³/mol. The maximum atomic E-state index is 12.6. The SMILES string of the molecule is CC(C)(C)OC(=O)N1C2CCC1CC(O)(c1ccc(-c3ccno3)cc1)C2. The number of aliphatic hydroxyl groups is 1. The van der Waals surface area contributed by atoms with Crippen LogP contribution < -0.4 is 0 Å². The zero-order valence-corrected chi connectivity index (χ0v) is 16.0. The van der Waals surface area contributed by atoms with Crippen molar-refractivity contribution < 1.29 is 19.2 Å². The van der Waals surface area contributed by atoms with E-state index in [1.165, 1.54) is 0 Å². The predicted octanol–water partition coefficient (Wildman–Crippen LogP) is 4.09. The molecule has 1 aromatic carbocycles. The number of hydrogen-bond donors (Lipinski definition) is 1. The van der Waals surface area contributed by atoms with Crippen LogP contribution in [-0.4, -0.2) is 38.9 Å². The molecule has 2 fully saturated rings. The fourth-order valence-corrected chi connectivity index (χ4v) is 4.38. The van der Waals surface area contributed by atoms with Crippen LogP contribution in [0.5, 0.6) is 0 Å². The molecule has 27 heavy (non-hydrogen) atoms. The quantitative estimate of drug-likeness (QED) is 0.862. The summed E-state index contributed by atoms with van der Waals surface area (Å²) >= 11 is 0. The van der Waals surface area contributed by atoms with E-state index in [2.05, 4.69) is 5.16 Å². The summed E-state index contributed by atoms with van der Waals surface area (Å²) in [5.74, 6) is 0.702. The van der Waals surface area contributed by atoms with Gasteiger partial charge < -0.3 is 19.3 Å². The first-order valence-electron chi connectivity index (χ1n) is 9.50. The van der Waals surface area contributed by atoms with E-state index < -0.39 is 11.2 Å². The van der Waals surface area contributed by atoms with Crippen LogP contribution in [0.2, 0.25) is 0 Å². The molecule has 6 nitrogen and oxygen atoms in total. The molecule has 6 heteroatoms. The van der Waals surface area contributed by atoms with Crippen LogP contribution in [-0.2, 0) is 10.3 Å². The van der Waals surface area contributed by atoms with Gasteiger partial charge in [0, 0.05) is 36.6 Å². The second-order valence-electron chi connectivity index (χ2n) is 8.67. The van der Waals surface area contributed by atoms with E-state index in [0.29, 0.717) is 18.6 Å². The Morgan fingerprint density at radius 1 is 1.19 bits per heavy atom. The summed E-state index contributed by atoms with van der Waals surface area (Å²) in [6.45, 7) is 5.63. The summed E-state index contributed by atoms with van der Waals surface area (Å²) in [4.78, 5) is 14.5. The fourth-order valence-electron chi connectivity index (χ4n) is 4.38. The van der Waals surface area contributed by atoms with Crippen molar-refractivity contribution in [1.29, 1.82) is 0 Å². The number of benzene rings is 1. The van der Waals surface area contributed by atoms with E-state index in [4.69, 9.17) is 9.26 Å². The smallest absolute Gasteiger partial charge is 0.410 e. The average molecular weight is 370 g/mol. The number of rotatable bonds is 2. The lowest BCUT2D eigenvalue weighted by molar-refractivity contribution is -0.0624. The van der Waals surface area contributed by atoms with Gasteiger partial charge in [0.2, 0.25) is 0 Å². The molecule has 3 heterocycles. The number of ether oxygens (including phenoxy) is 1. The van der Waals surface area contributed by atoms with Crippen molar-refractivity contribution in [3.05, 3.63) is 42.1 Å². The van der Waals surface area contributed by atoms with Crippen molar-refractivity contribution in [2.75, 3.05) is 0 Å². The van der Waals surface area contributed by atoms with Gasteiger partial charge in [-0.25, -0.2) is 4.79 Å². The first kappa shape index (κ1) is 18.0. The number of aromatic nitrogens is 1. The van der Waals surface area contributed by atoms with Gasteiger partial charge in [0.25, 0.3) is 0 Å². The Balaban J connectivity index is 1.52. The highest BCUT2D eigenvalue weighted by Gasteiger charge is 2.51. The molecule has 1 aromatic heterocycles. The third kappa shape index (κ3) is 3.46. The van der Waals surface area contributed by atoms with Crippen LogP contribution in [0.4, 0.5) is 4.79 Å². The van der Waals surface area contributed by atoms with Crippen molar-refractivity contribution in [2.45, 2.75) is 69.7 Å². The highest BCUT2D eigenvalue weighted by Crippen LogP contribution is 2.46. The van der Waals surface area contributed by atoms with Gasteiger partial charge in [-0.05, 0) is 39.2 Å². The number of fused-ring (bicyclic) bond motifs is 2. The number of carbonyl (C=O) groups is 1. The number of nitrogens with zero attached hydrogens (tertiary/aromatic N) is 2. The maximum Gasteiger partial charge on any atom is 0.410 e. The molecule has 2 aliphatic heterocycles. The molecule has 2 aliphatic rings. The monoisotopic (exact) mass is 370 g/mol. The van der Waals surface area contributed by atoms with E-state index >= 15 is 0 Å². The normalized spacial score (nSPS) is 27.6. The molecule has 4 rings (SSSR count). The summed E-state index contributed by atoms with van der Waals surface area (Å²) in [6.07, 6.45) is 4.22. The van der Waals surface area contributed by atoms with E-state index in [1.807, 2.05) is 56.0 Å². The van der Waals surface area contributed by atoms with Crippen LogP contribution in [0.25, 0.3) is 11.3 Å². The highest BCUT2D eigenvalue weighted by atomic mass is 16.6. The Morgan fingerprint density at radius 2 is 1.81 bits per heavy atom. The van der Waals surface area contributed by atoms with Gasteiger partial charge in [0.1, 0.15) is 5.60 Å². The largest absolute Gasteiger partial charge is 0.444 e. The second kappa shape index (κ2) is 6.37. The lowest BCUT2D eigenvalue weighted by Crippen LogP contribution is -2.53. The number of hydrogen-bond acceptors (Lipinski definition) is 5. The molecule has 1 N–H and O–H groups in total. The Kier molecular flexibility index (Phi) is 4.26. The summed E-state index contributed by atoms with van der Waals surface area (Å²) in [5, 5.41) is 15.1. The molecule has 2 bridgehead atoms. The first-order valence-corrected chi connectivity index (χ1v) is 9.50. The molecular formula is C21H26N2O4. The molecule has 0 aliphatic carbocycles. The topological polar surface area (TPSA) is 75.8 Å². The Labute approximate surface area is 159 Å². The van der Waals surface area contributed by atoms with Crippen LogP contribution in [0.15, 0.2) is 41.1 Å². The van der Waals surface area contributed by atoms with E-state index in [-0.39, 0.29) is 18.2 Å². The standard InChI is InChI=1S/C21H26N2O4/c1-20(2,3)26-19(24)23-16-8-9-17(23)13-21(25,12-16)15-6-4-14(5-7-15)18-10-11-22-27-18/h4-7,10-11,16-17,25H,8-9,12-13H2,1-3H3. The third-order valence-corrected chi connectivity index (χ3v) is 5.52. The van der Waals surface area contributed by atoms with Crippen LogP contribution >= 0.6 is 0 Å². The molecule has 0 radical (unpaired) electrons. The third-order valence-electron chi connectivity index (χ3n) is 5.52.